The molecule has 0 radical (unpaired) electrons. The highest BCUT2D eigenvalue weighted by Gasteiger charge is 2.13. The summed E-state index contributed by atoms with van der Waals surface area (Å²) in [6.45, 7) is 1.25. The molecule has 0 spiro atoms. The van der Waals surface area contributed by atoms with Gasteiger partial charge in [0.25, 0.3) is 0 Å². The van der Waals surface area contributed by atoms with E-state index in [-0.39, 0.29) is 5.70 Å². The zero-order valence-electron chi connectivity index (χ0n) is 11.2. The second-order valence-electron chi connectivity index (χ2n) is 3.78. The molecule has 0 aliphatic rings. The molecule has 1 aromatic carbocycles. The number of benzene rings is 1. The second kappa shape index (κ2) is 7.13. The summed E-state index contributed by atoms with van der Waals surface area (Å²) in [5, 5.41) is 11.3. The van der Waals surface area contributed by atoms with Gasteiger partial charge in [0.05, 0.1) is 17.8 Å². The molecule has 1 rings (SSSR count). The molecule has 0 unspecified atom stereocenters. The lowest BCUT2D eigenvalue weighted by molar-refractivity contribution is -0.134. The van der Waals surface area contributed by atoms with Gasteiger partial charge in [-0.3, -0.25) is 4.79 Å². The normalized spacial score (nSPS) is 10.9. The van der Waals surface area contributed by atoms with Crippen LogP contribution in [0.4, 0.5) is 0 Å². The highest BCUT2D eigenvalue weighted by Crippen LogP contribution is 2.34. The first-order valence-corrected chi connectivity index (χ1v) is 6.61. The number of hydrogen-bond donors (Lipinski definition) is 2. The number of aliphatic carboxylic acids is 1. The predicted molar refractivity (Wildman–Crippen MR) is 81.7 cm³/mol. The Hall–Kier alpha value is -1.77. The van der Waals surface area contributed by atoms with Crippen molar-refractivity contribution in [3.63, 3.8) is 0 Å². The van der Waals surface area contributed by atoms with Crippen molar-refractivity contribution in [1.29, 1.82) is 0 Å². The molecule has 20 heavy (non-hydrogen) atoms. The number of hydrogen-bond acceptors (Lipinski definition) is 4. The Morgan fingerprint density at radius 1 is 1.30 bits per heavy atom. The molecule has 0 heterocycles. The average molecular weight is 391 g/mol. The van der Waals surface area contributed by atoms with Gasteiger partial charge < -0.3 is 19.9 Å². The van der Waals surface area contributed by atoms with E-state index in [1.165, 1.54) is 27.2 Å². The van der Waals surface area contributed by atoms with E-state index in [0.29, 0.717) is 17.1 Å². The number of amides is 1. The fourth-order valence-electron chi connectivity index (χ4n) is 1.53. The topological polar surface area (TPSA) is 84.9 Å². The van der Waals surface area contributed by atoms with Crippen LogP contribution in [0.5, 0.6) is 11.5 Å². The van der Waals surface area contributed by atoms with E-state index >= 15 is 0 Å². The second-order valence-corrected chi connectivity index (χ2v) is 4.94. The average Bonchev–Trinajstić information content (AvgIpc) is 2.36. The third-order valence-electron chi connectivity index (χ3n) is 2.31. The van der Waals surface area contributed by atoms with E-state index in [0.717, 1.165) is 3.57 Å². The SMILES string of the molecule is COc1cc(C=C(NC(C)=O)C(=O)O)cc(I)c1OC. The van der Waals surface area contributed by atoms with Crippen LogP contribution < -0.4 is 14.8 Å². The maximum Gasteiger partial charge on any atom is 0.352 e. The first-order chi connectivity index (χ1) is 9.38. The van der Waals surface area contributed by atoms with Crippen LogP contribution in [0.2, 0.25) is 0 Å². The van der Waals surface area contributed by atoms with Gasteiger partial charge in [0.1, 0.15) is 5.70 Å². The van der Waals surface area contributed by atoms with Gasteiger partial charge in [0, 0.05) is 6.92 Å². The van der Waals surface area contributed by atoms with Crippen LogP contribution in [0.3, 0.4) is 0 Å². The summed E-state index contributed by atoms with van der Waals surface area (Å²) in [6.07, 6.45) is 1.36. The molecule has 108 valence electrons. The third-order valence-corrected chi connectivity index (χ3v) is 3.11. The molecule has 0 bridgehead atoms. The number of nitrogens with one attached hydrogen (secondary N) is 1. The molecule has 7 heteroatoms. The van der Waals surface area contributed by atoms with Crippen LogP contribution in [0, 0.1) is 3.57 Å². The van der Waals surface area contributed by atoms with E-state index in [1.807, 2.05) is 0 Å². The Labute approximate surface area is 129 Å². The summed E-state index contributed by atoms with van der Waals surface area (Å²) < 4.78 is 11.2. The van der Waals surface area contributed by atoms with Gasteiger partial charge in [-0.15, -0.1) is 0 Å². The number of halogens is 1. The van der Waals surface area contributed by atoms with E-state index in [1.54, 1.807) is 12.1 Å². The molecule has 1 aromatic rings. The number of methoxy groups -OCH3 is 2. The molecule has 0 atom stereocenters. The molecule has 6 nitrogen and oxygen atoms in total. The molecule has 0 aromatic heterocycles. The van der Waals surface area contributed by atoms with Crippen LogP contribution in [0.15, 0.2) is 17.8 Å². The third kappa shape index (κ3) is 4.12. The summed E-state index contributed by atoms with van der Waals surface area (Å²) in [6, 6.07) is 3.36. The molecule has 0 saturated heterocycles. The Morgan fingerprint density at radius 2 is 1.95 bits per heavy atom. The van der Waals surface area contributed by atoms with E-state index in [9.17, 15) is 9.59 Å². The number of carbonyl (C=O) groups is 2. The number of ether oxygens (including phenoxy) is 2. The van der Waals surface area contributed by atoms with Crippen molar-refractivity contribution in [2.24, 2.45) is 0 Å². The zero-order valence-corrected chi connectivity index (χ0v) is 13.3. The van der Waals surface area contributed by atoms with Crippen LogP contribution in [-0.4, -0.2) is 31.2 Å². The minimum absolute atomic E-state index is 0.208. The van der Waals surface area contributed by atoms with Crippen molar-refractivity contribution in [3.8, 4) is 11.5 Å². The van der Waals surface area contributed by atoms with Crippen LogP contribution in [0.25, 0.3) is 6.08 Å². The molecular formula is C13H14INO5. The maximum atomic E-state index is 11.1. The van der Waals surface area contributed by atoms with Crippen molar-refractivity contribution < 1.29 is 24.2 Å². The Kier molecular flexibility index (Phi) is 5.81. The van der Waals surface area contributed by atoms with Crippen molar-refractivity contribution >= 4 is 40.5 Å². The molecule has 2 N–H and O–H groups in total. The zero-order chi connectivity index (χ0) is 15.3. The Bertz CT molecular complexity index is 568. The fraction of sp³-hybridized carbons (Fsp3) is 0.231. The number of rotatable bonds is 5. The van der Waals surface area contributed by atoms with E-state index in [2.05, 4.69) is 27.9 Å². The Balaban J connectivity index is 3.28. The molecule has 1 amide bonds. The molecule has 0 aliphatic carbocycles. The van der Waals surface area contributed by atoms with Gasteiger partial charge in [0.15, 0.2) is 11.5 Å². The van der Waals surface area contributed by atoms with Crippen molar-refractivity contribution in [3.05, 3.63) is 27.0 Å². The summed E-state index contributed by atoms with van der Waals surface area (Å²) in [7, 11) is 3.02. The standard InChI is InChI=1S/C13H14INO5/c1-7(16)15-10(13(17)18)5-8-4-9(14)12(20-3)11(6-8)19-2/h4-6H,1-3H3,(H,15,16)(H,17,18). The van der Waals surface area contributed by atoms with Crippen molar-refractivity contribution in [2.45, 2.75) is 6.92 Å². The lowest BCUT2D eigenvalue weighted by Crippen LogP contribution is -2.24. The van der Waals surface area contributed by atoms with Gasteiger partial charge in [0.2, 0.25) is 5.91 Å². The highest BCUT2D eigenvalue weighted by molar-refractivity contribution is 14.1. The fourth-order valence-corrected chi connectivity index (χ4v) is 2.37. The summed E-state index contributed by atoms with van der Waals surface area (Å²) >= 11 is 2.06. The lowest BCUT2D eigenvalue weighted by atomic mass is 10.1. The quantitative estimate of drug-likeness (QED) is 0.592. The Morgan fingerprint density at radius 3 is 2.40 bits per heavy atom. The van der Waals surface area contributed by atoms with Crippen LogP contribution in [0.1, 0.15) is 12.5 Å². The highest BCUT2D eigenvalue weighted by atomic mass is 127. The monoisotopic (exact) mass is 391 g/mol. The van der Waals surface area contributed by atoms with Gasteiger partial charge in [-0.1, -0.05) is 0 Å². The first kappa shape index (κ1) is 16.3. The number of carbonyl (C=O) groups excluding carboxylic acids is 1. The summed E-state index contributed by atoms with van der Waals surface area (Å²) in [5.41, 5.74) is 0.374. The smallest absolute Gasteiger partial charge is 0.352 e. The first-order valence-electron chi connectivity index (χ1n) is 5.53. The molecule has 0 aliphatic heterocycles. The van der Waals surface area contributed by atoms with Gasteiger partial charge in [-0.25, -0.2) is 4.79 Å². The van der Waals surface area contributed by atoms with Crippen LogP contribution >= 0.6 is 22.6 Å². The summed E-state index contributed by atoms with van der Waals surface area (Å²) in [5.74, 6) is -0.612. The van der Waals surface area contributed by atoms with E-state index in [4.69, 9.17) is 14.6 Å². The minimum atomic E-state index is -1.22. The summed E-state index contributed by atoms with van der Waals surface area (Å²) in [4.78, 5) is 22.0. The van der Waals surface area contributed by atoms with Crippen molar-refractivity contribution in [2.75, 3.05) is 14.2 Å². The molecular weight excluding hydrogens is 377 g/mol. The van der Waals surface area contributed by atoms with E-state index < -0.39 is 11.9 Å². The van der Waals surface area contributed by atoms with Crippen molar-refractivity contribution in [1.82, 2.24) is 5.32 Å². The van der Waals surface area contributed by atoms with Gasteiger partial charge in [-0.05, 0) is 46.4 Å². The lowest BCUT2D eigenvalue weighted by Gasteiger charge is -2.11. The van der Waals surface area contributed by atoms with Crippen LogP contribution in [-0.2, 0) is 9.59 Å². The minimum Gasteiger partial charge on any atom is -0.493 e. The molecule has 0 saturated carbocycles. The number of carboxylic acid groups (broad SMARTS) is 1. The largest absolute Gasteiger partial charge is 0.493 e. The predicted octanol–water partition coefficient (Wildman–Crippen LogP) is 1.87. The molecule has 0 fully saturated rings. The maximum absolute atomic E-state index is 11.1. The number of carboxylic acids is 1. The van der Waals surface area contributed by atoms with Gasteiger partial charge in [-0.2, -0.15) is 0 Å². The van der Waals surface area contributed by atoms with Gasteiger partial charge >= 0.3 is 5.97 Å².